The number of anilines is 3. The van der Waals surface area contributed by atoms with Crippen molar-refractivity contribution >= 4 is 44.4 Å². The molecule has 3 aromatic heterocycles. The van der Waals surface area contributed by atoms with Crippen LogP contribution in [0.4, 0.5) is 17.2 Å². The van der Waals surface area contributed by atoms with Crippen LogP contribution in [-0.4, -0.2) is 19.6 Å². The third-order valence-electron chi connectivity index (χ3n) is 3.81. The molecule has 4 rings (SSSR count). The number of thiophene rings is 1. The molecule has 0 spiro atoms. The highest BCUT2D eigenvalue weighted by atomic mass is 32.1. The summed E-state index contributed by atoms with van der Waals surface area (Å²) in [5.74, 6) is 1.22. The summed E-state index contributed by atoms with van der Waals surface area (Å²) < 4.78 is 2.90. The van der Waals surface area contributed by atoms with Crippen molar-refractivity contribution in [3.8, 4) is 0 Å². The molecule has 0 atom stereocenters. The van der Waals surface area contributed by atoms with Gasteiger partial charge in [0.05, 0.1) is 11.4 Å². The van der Waals surface area contributed by atoms with Gasteiger partial charge >= 0.3 is 0 Å². The quantitative estimate of drug-likeness (QED) is 0.594. The molecule has 0 amide bonds. The number of aromatic nitrogens is 4. The van der Waals surface area contributed by atoms with Gasteiger partial charge in [0.25, 0.3) is 5.78 Å². The summed E-state index contributed by atoms with van der Waals surface area (Å²) in [5, 5.41) is 10.9. The lowest BCUT2D eigenvalue weighted by atomic mass is 10.1. The second-order valence-corrected chi connectivity index (χ2v) is 6.07. The van der Waals surface area contributed by atoms with Crippen LogP contribution in [0.5, 0.6) is 0 Å². The van der Waals surface area contributed by atoms with Crippen molar-refractivity contribution in [3.05, 3.63) is 41.2 Å². The summed E-state index contributed by atoms with van der Waals surface area (Å²) in [6.07, 6.45) is 1.47. The Morgan fingerprint density at radius 2 is 2.09 bits per heavy atom. The molecule has 7 heteroatoms. The number of rotatable bonds is 2. The Labute approximate surface area is 130 Å². The number of nitrogen functional groups attached to an aromatic ring is 1. The van der Waals surface area contributed by atoms with Crippen LogP contribution in [0.15, 0.2) is 29.9 Å². The Morgan fingerprint density at radius 3 is 2.95 bits per heavy atom. The van der Waals surface area contributed by atoms with Crippen molar-refractivity contribution < 1.29 is 0 Å². The van der Waals surface area contributed by atoms with Crippen molar-refractivity contribution in [3.63, 3.8) is 0 Å². The standard InChI is InChI=1S/C15H14N6S/c1-8-10-5-6-22-12(10)4-3-11(8)20-14-13(16)9(2)19-15-17-7-18-21(14)15/h3-7,20H,16H2,1-2H3. The Bertz CT molecular complexity index is 1000. The smallest absolute Gasteiger partial charge is 0.254 e. The van der Waals surface area contributed by atoms with Crippen molar-refractivity contribution in [1.82, 2.24) is 19.6 Å². The van der Waals surface area contributed by atoms with E-state index in [2.05, 4.69) is 50.9 Å². The Kier molecular flexibility index (Phi) is 2.77. The summed E-state index contributed by atoms with van der Waals surface area (Å²) in [6.45, 7) is 3.96. The minimum Gasteiger partial charge on any atom is -0.394 e. The largest absolute Gasteiger partial charge is 0.394 e. The van der Waals surface area contributed by atoms with Crippen LogP contribution in [0.1, 0.15) is 11.3 Å². The molecule has 0 aliphatic heterocycles. The van der Waals surface area contributed by atoms with Crippen LogP contribution in [0.2, 0.25) is 0 Å². The van der Waals surface area contributed by atoms with Gasteiger partial charge in [-0.1, -0.05) is 0 Å². The Hall–Kier alpha value is -2.67. The van der Waals surface area contributed by atoms with Crippen molar-refractivity contribution in [2.24, 2.45) is 0 Å². The van der Waals surface area contributed by atoms with Crippen LogP contribution in [0, 0.1) is 13.8 Å². The molecule has 22 heavy (non-hydrogen) atoms. The number of nitrogens with zero attached hydrogens (tertiary/aromatic N) is 4. The molecule has 1 aromatic carbocycles. The molecule has 0 aliphatic rings. The minimum atomic E-state index is 0.531. The maximum Gasteiger partial charge on any atom is 0.254 e. The zero-order valence-electron chi connectivity index (χ0n) is 12.2. The second kappa shape index (κ2) is 4.67. The van der Waals surface area contributed by atoms with E-state index in [4.69, 9.17) is 5.73 Å². The third kappa shape index (κ3) is 1.82. The predicted octanol–water partition coefficient (Wildman–Crippen LogP) is 3.28. The maximum absolute atomic E-state index is 6.19. The molecule has 0 saturated carbocycles. The molecule has 4 aromatic rings. The molecule has 110 valence electrons. The lowest BCUT2D eigenvalue weighted by Gasteiger charge is -2.14. The number of hydrogen-bond donors (Lipinski definition) is 2. The molecule has 0 saturated heterocycles. The van der Waals surface area contributed by atoms with Gasteiger partial charge in [0.1, 0.15) is 6.33 Å². The highest BCUT2D eigenvalue weighted by molar-refractivity contribution is 7.17. The number of fused-ring (bicyclic) bond motifs is 2. The fourth-order valence-corrected chi connectivity index (χ4v) is 3.38. The van der Waals surface area contributed by atoms with E-state index in [1.54, 1.807) is 15.9 Å². The Morgan fingerprint density at radius 1 is 1.23 bits per heavy atom. The molecular formula is C15H14N6S. The normalized spacial score (nSPS) is 11.4. The molecule has 0 bridgehead atoms. The van der Waals surface area contributed by atoms with Gasteiger partial charge in [0.2, 0.25) is 0 Å². The van der Waals surface area contributed by atoms with E-state index in [-0.39, 0.29) is 0 Å². The first-order valence-corrected chi connectivity index (χ1v) is 7.73. The molecular weight excluding hydrogens is 296 g/mol. The number of nitrogens with one attached hydrogen (secondary N) is 1. The monoisotopic (exact) mass is 310 g/mol. The van der Waals surface area contributed by atoms with Crippen molar-refractivity contribution in [2.75, 3.05) is 11.1 Å². The number of benzene rings is 1. The summed E-state index contributed by atoms with van der Waals surface area (Å²) in [6, 6.07) is 6.30. The molecule has 0 radical (unpaired) electrons. The van der Waals surface area contributed by atoms with Gasteiger partial charge in [-0.15, -0.1) is 11.3 Å². The molecule has 6 nitrogen and oxygen atoms in total. The maximum atomic E-state index is 6.19. The summed E-state index contributed by atoms with van der Waals surface area (Å²) in [7, 11) is 0. The first-order valence-electron chi connectivity index (χ1n) is 6.85. The summed E-state index contributed by atoms with van der Waals surface area (Å²) in [4.78, 5) is 8.46. The van der Waals surface area contributed by atoms with Gasteiger partial charge in [0.15, 0.2) is 5.82 Å². The van der Waals surface area contributed by atoms with E-state index in [1.807, 2.05) is 6.92 Å². The number of aryl methyl sites for hydroxylation is 2. The number of nitrogens with two attached hydrogens (primary N) is 1. The van der Waals surface area contributed by atoms with E-state index < -0.39 is 0 Å². The van der Waals surface area contributed by atoms with E-state index in [0.717, 1.165) is 11.4 Å². The van der Waals surface area contributed by atoms with Crippen LogP contribution < -0.4 is 11.1 Å². The molecule has 3 heterocycles. The zero-order chi connectivity index (χ0) is 15.3. The summed E-state index contributed by atoms with van der Waals surface area (Å²) >= 11 is 1.74. The van der Waals surface area contributed by atoms with Crippen LogP contribution in [-0.2, 0) is 0 Å². The highest BCUT2D eigenvalue weighted by Gasteiger charge is 2.13. The third-order valence-corrected chi connectivity index (χ3v) is 4.69. The van der Waals surface area contributed by atoms with Gasteiger partial charge in [-0.3, -0.25) is 0 Å². The average molecular weight is 310 g/mol. The fraction of sp³-hybridized carbons (Fsp3) is 0.133. The predicted molar refractivity (Wildman–Crippen MR) is 89.8 cm³/mol. The van der Waals surface area contributed by atoms with Crippen LogP contribution in [0.25, 0.3) is 15.9 Å². The fourth-order valence-electron chi connectivity index (χ4n) is 2.54. The van der Waals surface area contributed by atoms with Gasteiger partial charge in [-0.05, 0) is 48.4 Å². The van der Waals surface area contributed by atoms with Gasteiger partial charge in [-0.25, -0.2) is 4.98 Å². The molecule has 0 aliphatic carbocycles. The lowest BCUT2D eigenvalue weighted by Crippen LogP contribution is -2.08. The second-order valence-electron chi connectivity index (χ2n) is 5.13. The molecule has 0 unspecified atom stereocenters. The Balaban J connectivity index is 1.90. The van der Waals surface area contributed by atoms with Crippen LogP contribution >= 0.6 is 11.3 Å². The van der Waals surface area contributed by atoms with E-state index >= 15 is 0 Å². The lowest BCUT2D eigenvalue weighted by molar-refractivity contribution is 0.940. The van der Waals surface area contributed by atoms with Crippen molar-refractivity contribution in [1.29, 1.82) is 0 Å². The minimum absolute atomic E-state index is 0.531. The zero-order valence-corrected chi connectivity index (χ0v) is 13.0. The van der Waals surface area contributed by atoms with Gasteiger partial charge in [-0.2, -0.15) is 14.6 Å². The van der Waals surface area contributed by atoms with Gasteiger partial charge in [0, 0.05) is 10.4 Å². The van der Waals surface area contributed by atoms with Crippen molar-refractivity contribution in [2.45, 2.75) is 13.8 Å². The first-order chi connectivity index (χ1) is 10.6. The van der Waals surface area contributed by atoms with Gasteiger partial charge < -0.3 is 11.1 Å². The topological polar surface area (TPSA) is 81.1 Å². The highest BCUT2D eigenvalue weighted by Crippen LogP contribution is 2.32. The van der Waals surface area contributed by atoms with E-state index in [9.17, 15) is 0 Å². The van der Waals surface area contributed by atoms with E-state index in [1.165, 1.54) is 22.0 Å². The molecule has 0 fully saturated rings. The average Bonchev–Trinajstić information content (AvgIpc) is 3.14. The van der Waals surface area contributed by atoms with Crippen LogP contribution in [0.3, 0.4) is 0 Å². The number of hydrogen-bond acceptors (Lipinski definition) is 6. The molecule has 3 N–H and O–H groups in total. The SMILES string of the molecule is Cc1nc2ncnn2c(Nc2ccc3sccc3c2C)c1N. The first kappa shape index (κ1) is 13.0. The summed E-state index contributed by atoms with van der Waals surface area (Å²) in [5.41, 5.74) is 9.67. The van der Waals surface area contributed by atoms with E-state index in [0.29, 0.717) is 17.3 Å².